The van der Waals surface area contributed by atoms with Crippen molar-refractivity contribution >= 4 is 17.6 Å². The molecule has 1 aromatic carbocycles. The molecule has 1 heterocycles. The van der Waals surface area contributed by atoms with Gasteiger partial charge < -0.3 is 10.1 Å². The van der Waals surface area contributed by atoms with Crippen molar-refractivity contribution in [2.75, 3.05) is 6.61 Å². The zero-order chi connectivity index (χ0) is 16.3. The van der Waals surface area contributed by atoms with Gasteiger partial charge in [-0.05, 0) is 31.5 Å². The number of carbonyl (C=O) groups excluding carboxylic acids is 2. The second-order valence-electron chi connectivity index (χ2n) is 4.63. The minimum Gasteiger partial charge on any atom is -0.495 e. The SMILES string of the molecule is CCOC1=C(C)C(=O)NC(=O)N[C@@H]1c1ccc([N+](=O)[O-])cc1. The summed E-state index contributed by atoms with van der Waals surface area (Å²) in [7, 11) is 0. The summed E-state index contributed by atoms with van der Waals surface area (Å²) < 4.78 is 5.51. The zero-order valence-electron chi connectivity index (χ0n) is 12.1. The minimum atomic E-state index is -0.688. The third-order valence-corrected chi connectivity index (χ3v) is 3.21. The van der Waals surface area contributed by atoms with Gasteiger partial charge in [0.2, 0.25) is 0 Å². The summed E-state index contributed by atoms with van der Waals surface area (Å²) >= 11 is 0. The van der Waals surface area contributed by atoms with Gasteiger partial charge in [-0.25, -0.2) is 4.79 Å². The van der Waals surface area contributed by atoms with Crippen molar-refractivity contribution in [1.82, 2.24) is 10.6 Å². The number of nitrogens with one attached hydrogen (secondary N) is 2. The summed E-state index contributed by atoms with van der Waals surface area (Å²) in [5.74, 6) is -0.218. The van der Waals surface area contributed by atoms with Crippen LogP contribution in [0.1, 0.15) is 25.5 Å². The van der Waals surface area contributed by atoms with Crippen LogP contribution in [-0.4, -0.2) is 23.5 Å². The van der Waals surface area contributed by atoms with E-state index in [0.717, 1.165) is 0 Å². The molecule has 0 fully saturated rings. The number of carbonyl (C=O) groups is 2. The fourth-order valence-corrected chi connectivity index (χ4v) is 2.13. The number of imide groups is 1. The lowest BCUT2D eigenvalue weighted by Crippen LogP contribution is -2.38. The maximum Gasteiger partial charge on any atom is 0.322 e. The van der Waals surface area contributed by atoms with E-state index >= 15 is 0 Å². The van der Waals surface area contributed by atoms with Gasteiger partial charge in [0.15, 0.2) is 0 Å². The van der Waals surface area contributed by atoms with Crippen LogP contribution < -0.4 is 10.6 Å². The molecule has 0 radical (unpaired) electrons. The van der Waals surface area contributed by atoms with E-state index in [1.165, 1.54) is 24.3 Å². The highest BCUT2D eigenvalue weighted by Crippen LogP contribution is 2.28. The molecule has 8 nitrogen and oxygen atoms in total. The average molecular weight is 305 g/mol. The molecule has 116 valence electrons. The number of amides is 3. The number of hydrogen-bond donors (Lipinski definition) is 2. The molecule has 2 N–H and O–H groups in total. The Morgan fingerprint density at radius 1 is 1.27 bits per heavy atom. The van der Waals surface area contributed by atoms with E-state index in [1.54, 1.807) is 13.8 Å². The van der Waals surface area contributed by atoms with Crippen molar-refractivity contribution in [2.45, 2.75) is 19.9 Å². The maximum absolute atomic E-state index is 11.8. The second kappa shape index (κ2) is 6.25. The highest BCUT2D eigenvalue weighted by Gasteiger charge is 2.29. The van der Waals surface area contributed by atoms with Crippen LogP contribution >= 0.6 is 0 Å². The molecule has 3 amide bonds. The summed E-state index contributed by atoms with van der Waals surface area (Å²) in [5.41, 5.74) is 0.804. The Labute approximate surface area is 126 Å². The first-order valence-corrected chi connectivity index (χ1v) is 6.63. The Morgan fingerprint density at radius 2 is 1.91 bits per heavy atom. The van der Waals surface area contributed by atoms with Crippen molar-refractivity contribution < 1.29 is 19.2 Å². The minimum absolute atomic E-state index is 0.0587. The van der Waals surface area contributed by atoms with Crippen LogP contribution in [-0.2, 0) is 9.53 Å². The summed E-state index contributed by atoms with van der Waals surface area (Å²) in [6.45, 7) is 3.64. The lowest BCUT2D eigenvalue weighted by atomic mass is 10.0. The van der Waals surface area contributed by atoms with Crippen LogP contribution in [0.3, 0.4) is 0 Å². The van der Waals surface area contributed by atoms with Crippen molar-refractivity contribution in [3.8, 4) is 0 Å². The number of hydrogen-bond acceptors (Lipinski definition) is 5. The molecule has 22 heavy (non-hydrogen) atoms. The number of non-ortho nitro benzene ring substituents is 1. The molecule has 0 bridgehead atoms. The first-order chi connectivity index (χ1) is 10.4. The highest BCUT2D eigenvalue weighted by molar-refractivity contribution is 6.05. The van der Waals surface area contributed by atoms with Crippen molar-refractivity contribution in [1.29, 1.82) is 0 Å². The molecule has 2 rings (SSSR count). The summed E-state index contributed by atoms with van der Waals surface area (Å²) in [6, 6.07) is 4.37. The third-order valence-electron chi connectivity index (χ3n) is 3.21. The Bertz CT molecular complexity index is 651. The van der Waals surface area contributed by atoms with Gasteiger partial charge in [0, 0.05) is 12.1 Å². The van der Waals surface area contributed by atoms with Crippen LogP contribution in [0.25, 0.3) is 0 Å². The number of nitro groups is 1. The topological polar surface area (TPSA) is 111 Å². The molecule has 0 saturated carbocycles. The molecule has 1 aromatic rings. The van der Waals surface area contributed by atoms with E-state index in [1.807, 2.05) is 0 Å². The molecule has 0 saturated heterocycles. The quantitative estimate of drug-likeness (QED) is 0.650. The van der Waals surface area contributed by atoms with Crippen molar-refractivity contribution in [2.24, 2.45) is 0 Å². The van der Waals surface area contributed by atoms with Crippen LogP contribution in [0.2, 0.25) is 0 Å². The molecular weight excluding hydrogens is 290 g/mol. The largest absolute Gasteiger partial charge is 0.495 e. The number of nitro benzene ring substituents is 1. The standard InChI is InChI=1S/C14H15N3O5/c1-3-22-12-8(2)13(18)16-14(19)15-11(12)9-4-6-10(7-5-9)17(20)21/h4-7,11H,3H2,1-2H3,(H2,15,16,18,19)/t11-/m1/s1. The third kappa shape index (κ3) is 3.05. The van der Waals surface area contributed by atoms with E-state index in [9.17, 15) is 19.7 Å². The first-order valence-electron chi connectivity index (χ1n) is 6.63. The number of ether oxygens (including phenoxy) is 1. The van der Waals surface area contributed by atoms with Gasteiger partial charge in [-0.15, -0.1) is 0 Å². The van der Waals surface area contributed by atoms with E-state index in [2.05, 4.69) is 10.6 Å². The van der Waals surface area contributed by atoms with Gasteiger partial charge >= 0.3 is 6.03 Å². The lowest BCUT2D eigenvalue weighted by molar-refractivity contribution is -0.384. The molecule has 0 aromatic heterocycles. The molecule has 1 aliphatic rings. The maximum atomic E-state index is 11.8. The predicted molar refractivity (Wildman–Crippen MR) is 76.8 cm³/mol. The van der Waals surface area contributed by atoms with Gasteiger partial charge in [0.25, 0.3) is 11.6 Å². The lowest BCUT2D eigenvalue weighted by Gasteiger charge is -2.20. The van der Waals surface area contributed by atoms with E-state index in [4.69, 9.17) is 4.74 Å². The van der Waals surface area contributed by atoms with Crippen LogP contribution in [0.4, 0.5) is 10.5 Å². The Kier molecular flexibility index (Phi) is 4.40. The Balaban J connectivity index is 2.45. The highest BCUT2D eigenvalue weighted by atomic mass is 16.6. The van der Waals surface area contributed by atoms with Gasteiger partial charge in [0.1, 0.15) is 11.8 Å². The fraction of sp³-hybridized carbons (Fsp3) is 0.286. The molecule has 0 spiro atoms. The normalized spacial score (nSPS) is 18.4. The Morgan fingerprint density at radius 3 is 2.45 bits per heavy atom. The van der Waals surface area contributed by atoms with Crippen LogP contribution in [0.5, 0.6) is 0 Å². The Hall–Kier alpha value is -2.90. The molecule has 0 aliphatic carbocycles. The average Bonchev–Trinajstić information content (AvgIpc) is 2.59. The van der Waals surface area contributed by atoms with E-state index in [0.29, 0.717) is 17.9 Å². The molecule has 8 heteroatoms. The summed E-state index contributed by atoms with van der Waals surface area (Å²) in [6.07, 6.45) is 0. The van der Waals surface area contributed by atoms with E-state index < -0.39 is 22.9 Å². The van der Waals surface area contributed by atoms with Crippen LogP contribution in [0, 0.1) is 10.1 Å². The second-order valence-corrected chi connectivity index (χ2v) is 4.63. The number of nitrogens with zero attached hydrogens (tertiary/aromatic N) is 1. The fourth-order valence-electron chi connectivity index (χ4n) is 2.13. The number of urea groups is 1. The summed E-state index contributed by atoms with van der Waals surface area (Å²) in [5, 5.41) is 15.5. The van der Waals surface area contributed by atoms with Crippen molar-refractivity contribution in [3.05, 3.63) is 51.3 Å². The predicted octanol–water partition coefficient (Wildman–Crippen LogP) is 1.79. The smallest absolute Gasteiger partial charge is 0.322 e. The monoisotopic (exact) mass is 305 g/mol. The van der Waals surface area contributed by atoms with Crippen LogP contribution in [0.15, 0.2) is 35.6 Å². The number of rotatable bonds is 4. The number of benzene rings is 1. The zero-order valence-corrected chi connectivity index (χ0v) is 12.1. The van der Waals surface area contributed by atoms with Gasteiger partial charge in [-0.3, -0.25) is 20.2 Å². The van der Waals surface area contributed by atoms with Gasteiger partial charge in [-0.2, -0.15) is 0 Å². The molecule has 1 atom stereocenters. The van der Waals surface area contributed by atoms with E-state index in [-0.39, 0.29) is 11.3 Å². The van der Waals surface area contributed by atoms with Crippen molar-refractivity contribution in [3.63, 3.8) is 0 Å². The van der Waals surface area contributed by atoms with Gasteiger partial charge in [-0.1, -0.05) is 0 Å². The molecule has 0 unspecified atom stereocenters. The first kappa shape index (κ1) is 15.5. The van der Waals surface area contributed by atoms with Gasteiger partial charge in [0.05, 0.1) is 17.1 Å². The molecular formula is C14H15N3O5. The molecule has 1 aliphatic heterocycles. The summed E-state index contributed by atoms with van der Waals surface area (Å²) in [4.78, 5) is 33.7.